The van der Waals surface area contributed by atoms with Crippen LogP contribution in [-0.4, -0.2) is 19.3 Å². The van der Waals surface area contributed by atoms with Gasteiger partial charge in [-0.25, -0.2) is 0 Å². The fraction of sp³-hybridized carbons (Fsp3) is 1.00. The molecule has 76 valence electrons. The van der Waals surface area contributed by atoms with Gasteiger partial charge in [-0.1, -0.05) is 27.2 Å². The van der Waals surface area contributed by atoms with Crippen molar-refractivity contribution in [3.8, 4) is 0 Å². The van der Waals surface area contributed by atoms with Crippen LogP contribution in [0.2, 0.25) is 6.82 Å². The summed E-state index contributed by atoms with van der Waals surface area (Å²) >= 11 is 0. The zero-order valence-electron chi connectivity index (χ0n) is 9.25. The molecule has 0 radical (unpaired) electrons. The summed E-state index contributed by atoms with van der Waals surface area (Å²) in [6.45, 7) is 8.25. The van der Waals surface area contributed by atoms with Crippen LogP contribution in [0.25, 0.3) is 0 Å². The van der Waals surface area contributed by atoms with Gasteiger partial charge >= 0.3 is 7.12 Å². The summed E-state index contributed by atoms with van der Waals surface area (Å²) in [6, 6.07) is 0. The Morgan fingerprint density at radius 1 is 1.15 bits per heavy atom. The Hall–Kier alpha value is -0.0151. The quantitative estimate of drug-likeness (QED) is 0.539. The van der Waals surface area contributed by atoms with Crippen LogP contribution < -0.4 is 0 Å². The van der Waals surface area contributed by atoms with Crippen LogP contribution in [0.5, 0.6) is 0 Å². The highest BCUT2D eigenvalue weighted by Gasteiger charge is 2.41. The highest BCUT2D eigenvalue weighted by Crippen LogP contribution is 2.33. The molecule has 0 N–H and O–H groups in total. The Morgan fingerprint density at radius 3 is 2.46 bits per heavy atom. The molecule has 3 atom stereocenters. The van der Waals surface area contributed by atoms with E-state index in [4.69, 9.17) is 9.31 Å². The molecule has 0 amide bonds. The van der Waals surface area contributed by atoms with Crippen LogP contribution in [0.1, 0.15) is 40.0 Å². The Bertz CT molecular complexity index is 152. The van der Waals surface area contributed by atoms with E-state index in [-0.39, 0.29) is 7.12 Å². The molecule has 1 heterocycles. The van der Waals surface area contributed by atoms with Gasteiger partial charge in [0.05, 0.1) is 12.2 Å². The van der Waals surface area contributed by atoms with E-state index in [1.165, 1.54) is 19.3 Å². The normalized spacial score (nSPS) is 37.8. The van der Waals surface area contributed by atoms with Crippen molar-refractivity contribution in [3.63, 3.8) is 0 Å². The molecule has 1 aliphatic carbocycles. The Balaban J connectivity index is 0.000000396. The Morgan fingerprint density at radius 2 is 1.85 bits per heavy atom. The molecule has 1 aliphatic heterocycles. The number of hydrogen-bond donors (Lipinski definition) is 0. The molecule has 0 aromatic carbocycles. The molecule has 2 aliphatic rings. The summed E-state index contributed by atoms with van der Waals surface area (Å²) < 4.78 is 11.3. The van der Waals surface area contributed by atoms with Crippen LogP contribution in [0, 0.1) is 5.92 Å². The van der Waals surface area contributed by atoms with Crippen molar-refractivity contribution in [2.75, 3.05) is 0 Å². The van der Waals surface area contributed by atoms with Crippen molar-refractivity contribution in [2.45, 2.75) is 59.1 Å². The van der Waals surface area contributed by atoms with Crippen LogP contribution in [0.3, 0.4) is 0 Å². The van der Waals surface area contributed by atoms with Gasteiger partial charge in [0.15, 0.2) is 0 Å². The van der Waals surface area contributed by atoms with Crippen molar-refractivity contribution in [2.24, 2.45) is 5.92 Å². The van der Waals surface area contributed by atoms with E-state index < -0.39 is 0 Å². The second-order valence-corrected chi connectivity index (χ2v) is 3.75. The second kappa shape index (κ2) is 5.01. The summed E-state index contributed by atoms with van der Waals surface area (Å²) in [6.07, 6.45) is 4.59. The molecule has 2 fully saturated rings. The van der Waals surface area contributed by atoms with Crippen molar-refractivity contribution in [3.05, 3.63) is 0 Å². The SMILES string of the molecule is CB1OC2CCCC(C)C2O1.CC. The first-order valence-electron chi connectivity index (χ1n) is 5.58. The van der Waals surface area contributed by atoms with Gasteiger partial charge in [0.25, 0.3) is 0 Å². The maximum atomic E-state index is 5.66. The average Bonchev–Trinajstić information content (AvgIpc) is 2.51. The van der Waals surface area contributed by atoms with E-state index >= 15 is 0 Å². The third kappa shape index (κ3) is 2.47. The van der Waals surface area contributed by atoms with Gasteiger partial charge in [0.1, 0.15) is 0 Å². The lowest BCUT2D eigenvalue weighted by atomic mass is 9.86. The van der Waals surface area contributed by atoms with Crippen molar-refractivity contribution >= 4 is 7.12 Å². The summed E-state index contributed by atoms with van der Waals surface area (Å²) in [5.41, 5.74) is 0. The van der Waals surface area contributed by atoms with Crippen LogP contribution in [-0.2, 0) is 9.31 Å². The molecule has 0 spiro atoms. The van der Waals surface area contributed by atoms with E-state index in [1.807, 2.05) is 20.7 Å². The zero-order valence-corrected chi connectivity index (χ0v) is 9.25. The number of hydrogen-bond acceptors (Lipinski definition) is 2. The van der Waals surface area contributed by atoms with Crippen molar-refractivity contribution < 1.29 is 9.31 Å². The summed E-state index contributed by atoms with van der Waals surface area (Å²) in [5.74, 6) is 0.693. The van der Waals surface area contributed by atoms with E-state index in [0.29, 0.717) is 18.1 Å². The third-order valence-electron chi connectivity index (χ3n) is 2.79. The van der Waals surface area contributed by atoms with Crippen LogP contribution in [0.4, 0.5) is 0 Å². The average molecular weight is 184 g/mol. The second-order valence-electron chi connectivity index (χ2n) is 3.75. The minimum Gasteiger partial charge on any atom is -0.406 e. The predicted octanol–water partition coefficient (Wildman–Crippen LogP) is 2.73. The van der Waals surface area contributed by atoms with Gasteiger partial charge in [0.2, 0.25) is 0 Å². The van der Waals surface area contributed by atoms with E-state index in [0.717, 1.165) is 0 Å². The minimum atomic E-state index is 0.0329. The molecule has 0 aromatic rings. The topological polar surface area (TPSA) is 18.5 Å². The molecule has 0 bridgehead atoms. The van der Waals surface area contributed by atoms with E-state index in [1.54, 1.807) is 0 Å². The predicted molar refractivity (Wildman–Crippen MR) is 55.7 cm³/mol. The molecule has 3 unspecified atom stereocenters. The number of fused-ring (bicyclic) bond motifs is 1. The molecule has 1 saturated carbocycles. The van der Waals surface area contributed by atoms with Gasteiger partial charge in [0, 0.05) is 0 Å². The van der Waals surface area contributed by atoms with Gasteiger partial charge < -0.3 is 9.31 Å². The minimum absolute atomic E-state index is 0.0329. The number of rotatable bonds is 0. The third-order valence-corrected chi connectivity index (χ3v) is 2.79. The summed E-state index contributed by atoms with van der Waals surface area (Å²) in [5, 5.41) is 0. The van der Waals surface area contributed by atoms with E-state index in [2.05, 4.69) is 6.92 Å². The first kappa shape index (κ1) is 11.1. The fourth-order valence-electron chi connectivity index (χ4n) is 2.20. The molecular formula is C10H21BO2. The van der Waals surface area contributed by atoms with Gasteiger partial charge in [-0.2, -0.15) is 0 Å². The largest absolute Gasteiger partial charge is 0.454 e. The van der Waals surface area contributed by atoms with Crippen LogP contribution in [0.15, 0.2) is 0 Å². The molecule has 2 nitrogen and oxygen atoms in total. The molecule has 3 heteroatoms. The fourth-order valence-corrected chi connectivity index (χ4v) is 2.20. The molecular weight excluding hydrogens is 163 g/mol. The standard InChI is InChI=1S/C8H15BO2.C2H6/c1-6-4-3-5-7-8(6)11-9(2)10-7;1-2/h6-8H,3-5H2,1-2H3;1-2H3. The maximum absolute atomic E-state index is 5.66. The van der Waals surface area contributed by atoms with Crippen molar-refractivity contribution in [1.29, 1.82) is 0 Å². The van der Waals surface area contributed by atoms with E-state index in [9.17, 15) is 0 Å². The Kier molecular flexibility index (Phi) is 4.27. The zero-order chi connectivity index (χ0) is 9.84. The van der Waals surface area contributed by atoms with Crippen LogP contribution >= 0.6 is 0 Å². The van der Waals surface area contributed by atoms with Gasteiger partial charge in [-0.3, -0.25) is 0 Å². The molecule has 0 aromatic heterocycles. The molecule has 1 saturated heterocycles. The lowest BCUT2D eigenvalue weighted by Crippen LogP contribution is -2.33. The Labute approximate surface area is 82.1 Å². The summed E-state index contributed by atoms with van der Waals surface area (Å²) in [7, 11) is 0.0329. The monoisotopic (exact) mass is 184 g/mol. The first-order chi connectivity index (χ1) is 6.27. The molecule has 2 rings (SSSR count). The first-order valence-corrected chi connectivity index (χ1v) is 5.58. The molecule has 13 heavy (non-hydrogen) atoms. The lowest BCUT2D eigenvalue weighted by molar-refractivity contribution is 0.0667. The highest BCUT2D eigenvalue weighted by molar-refractivity contribution is 6.43. The maximum Gasteiger partial charge on any atom is 0.454 e. The van der Waals surface area contributed by atoms with Gasteiger partial charge in [-0.15, -0.1) is 0 Å². The smallest absolute Gasteiger partial charge is 0.406 e. The highest BCUT2D eigenvalue weighted by atomic mass is 16.7. The summed E-state index contributed by atoms with van der Waals surface area (Å²) in [4.78, 5) is 0. The lowest BCUT2D eigenvalue weighted by Gasteiger charge is -2.29. The van der Waals surface area contributed by atoms with Crippen molar-refractivity contribution in [1.82, 2.24) is 0 Å². The van der Waals surface area contributed by atoms with Gasteiger partial charge in [-0.05, 0) is 25.6 Å².